The zero-order valence-corrected chi connectivity index (χ0v) is 18.1. The van der Waals surface area contributed by atoms with Gasteiger partial charge in [0.25, 0.3) is 5.56 Å². The van der Waals surface area contributed by atoms with Gasteiger partial charge in [0.2, 0.25) is 17.6 Å². The molecule has 1 atom stereocenters. The van der Waals surface area contributed by atoms with Crippen LogP contribution >= 0.6 is 0 Å². The van der Waals surface area contributed by atoms with Crippen LogP contribution in [0.5, 0.6) is 5.75 Å². The first kappa shape index (κ1) is 21.3. The van der Waals surface area contributed by atoms with E-state index in [1.807, 2.05) is 56.3 Å². The third-order valence-electron chi connectivity index (χ3n) is 5.27. The van der Waals surface area contributed by atoms with Crippen molar-refractivity contribution in [1.82, 2.24) is 20.4 Å². The second kappa shape index (κ2) is 9.05. The number of fused-ring (bicyclic) bond motifs is 1. The summed E-state index contributed by atoms with van der Waals surface area (Å²) in [6.45, 7) is 3.88. The van der Waals surface area contributed by atoms with E-state index in [4.69, 9.17) is 9.26 Å². The molecular weight excluding hydrogens is 408 g/mol. The monoisotopic (exact) mass is 432 g/mol. The van der Waals surface area contributed by atoms with E-state index in [1.165, 1.54) is 0 Å². The molecule has 0 bridgehead atoms. The molecule has 0 saturated heterocycles. The van der Waals surface area contributed by atoms with E-state index in [-0.39, 0.29) is 36.2 Å². The average Bonchev–Trinajstić information content (AvgIpc) is 3.26. The summed E-state index contributed by atoms with van der Waals surface area (Å²) in [4.78, 5) is 32.0. The Balaban J connectivity index is 1.39. The molecule has 0 saturated carbocycles. The van der Waals surface area contributed by atoms with Gasteiger partial charge in [-0.3, -0.25) is 9.59 Å². The normalized spacial score (nSPS) is 12.0. The van der Waals surface area contributed by atoms with Crippen LogP contribution in [0.2, 0.25) is 0 Å². The summed E-state index contributed by atoms with van der Waals surface area (Å²) in [6.07, 6.45) is 0.467. The van der Waals surface area contributed by atoms with E-state index in [0.717, 1.165) is 27.8 Å². The molecule has 2 N–H and O–H groups in total. The van der Waals surface area contributed by atoms with E-state index in [2.05, 4.69) is 20.4 Å². The Bertz CT molecular complexity index is 1310. The Morgan fingerprint density at radius 3 is 2.72 bits per heavy atom. The van der Waals surface area contributed by atoms with Crippen LogP contribution in [0.25, 0.3) is 22.3 Å². The first-order valence-corrected chi connectivity index (χ1v) is 10.3. The fraction of sp³-hybridized carbons (Fsp3) is 0.250. The maximum atomic E-state index is 12.5. The summed E-state index contributed by atoms with van der Waals surface area (Å²) in [5.74, 6) is 1.14. The van der Waals surface area contributed by atoms with E-state index in [9.17, 15) is 9.59 Å². The van der Waals surface area contributed by atoms with Gasteiger partial charge in [0.1, 0.15) is 5.75 Å². The number of pyridine rings is 1. The smallest absolute Gasteiger partial charge is 0.259 e. The number of hydrogen-bond donors (Lipinski definition) is 2. The number of ether oxygens (including phenoxy) is 1. The van der Waals surface area contributed by atoms with Gasteiger partial charge in [-0.2, -0.15) is 4.98 Å². The molecule has 0 aliphatic rings. The summed E-state index contributed by atoms with van der Waals surface area (Å²) in [5.41, 5.74) is 2.83. The highest BCUT2D eigenvalue weighted by Crippen LogP contribution is 2.19. The molecule has 32 heavy (non-hydrogen) atoms. The Morgan fingerprint density at radius 1 is 1.19 bits per heavy atom. The van der Waals surface area contributed by atoms with Crippen molar-refractivity contribution < 1.29 is 14.1 Å². The summed E-state index contributed by atoms with van der Waals surface area (Å²) < 4.78 is 10.4. The highest BCUT2D eigenvalue weighted by atomic mass is 16.5. The van der Waals surface area contributed by atoms with Gasteiger partial charge in [-0.05, 0) is 54.6 Å². The number of aromatic nitrogens is 3. The number of amides is 1. The van der Waals surface area contributed by atoms with Crippen LogP contribution in [0.4, 0.5) is 0 Å². The average molecular weight is 432 g/mol. The molecule has 0 spiro atoms. The van der Waals surface area contributed by atoms with Gasteiger partial charge >= 0.3 is 0 Å². The van der Waals surface area contributed by atoms with Gasteiger partial charge in [-0.1, -0.05) is 29.4 Å². The van der Waals surface area contributed by atoms with E-state index < -0.39 is 0 Å². The maximum absolute atomic E-state index is 12.5. The minimum atomic E-state index is -0.290. The Hall–Kier alpha value is -3.94. The third-order valence-corrected chi connectivity index (χ3v) is 5.27. The molecule has 1 amide bonds. The van der Waals surface area contributed by atoms with Gasteiger partial charge in [-0.15, -0.1) is 0 Å². The number of carbonyl (C=O) groups excluding carboxylic acids is 1. The highest BCUT2D eigenvalue weighted by Gasteiger charge is 2.15. The molecule has 0 aliphatic heterocycles. The molecule has 4 aromatic rings. The van der Waals surface area contributed by atoms with Crippen molar-refractivity contribution in [1.29, 1.82) is 0 Å². The largest absolute Gasteiger partial charge is 0.497 e. The third kappa shape index (κ3) is 4.69. The fourth-order valence-electron chi connectivity index (χ4n) is 3.46. The maximum Gasteiger partial charge on any atom is 0.259 e. The number of H-pyrrole nitrogens is 1. The van der Waals surface area contributed by atoms with Crippen LogP contribution in [0.15, 0.2) is 57.8 Å². The Morgan fingerprint density at radius 2 is 1.97 bits per heavy atom. The van der Waals surface area contributed by atoms with Crippen molar-refractivity contribution in [3.8, 4) is 17.1 Å². The zero-order valence-electron chi connectivity index (χ0n) is 18.1. The molecule has 0 aliphatic carbocycles. The Kier molecular flexibility index (Phi) is 6.02. The molecule has 0 fully saturated rings. The topological polar surface area (TPSA) is 110 Å². The highest BCUT2D eigenvalue weighted by molar-refractivity contribution is 5.82. The number of aryl methyl sites for hydroxylation is 2. The predicted octanol–water partition coefficient (Wildman–Crippen LogP) is 3.71. The lowest BCUT2D eigenvalue weighted by Crippen LogP contribution is -2.26. The van der Waals surface area contributed by atoms with Crippen LogP contribution in [0.1, 0.15) is 36.4 Å². The quantitative estimate of drug-likeness (QED) is 0.461. The molecule has 0 unspecified atom stereocenters. The van der Waals surface area contributed by atoms with Gasteiger partial charge in [0, 0.05) is 18.4 Å². The van der Waals surface area contributed by atoms with E-state index in [1.54, 1.807) is 13.2 Å². The van der Waals surface area contributed by atoms with Crippen molar-refractivity contribution in [3.05, 3.63) is 75.9 Å². The lowest BCUT2D eigenvalue weighted by atomic mass is 10.1. The van der Waals surface area contributed by atoms with E-state index >= 15 is 0 Å². The number of nitrogens with zero attached hydrogens (tertiary/aromatic N) is 2. The van der Waals surface area contributed by atoms with E-state index in [0.29, 0.717) is 11.5 Å². The number of hydrogen-bond acceptors (Lipinski definition) is 6. The number of aromatic amines is 1. The molecule has 0 radical (unpaired) electrons. The molecule has 8 nitrogen and oxygen atoms in total. The summed E-state index contributed by atoms with van der Waals surface area (Å²) in [5, 5.41) is 7.75. The number of benzene rings is 2. The molecule has 164 valence electrons. The standard InChI is InChI=1S/C24H24N4O4/c1-14-4-5-17-13-19(24(30)26-20(17)12-14)23-27-22(32-28-23)11-10-21(29)25-15(2)16-6-8-18(31-3)9-7-16/h4-9,12-13,15H,10-11H2,1-3H3,(H,25,29)(H,26,30)/t15-/m0/s1. The number of rotatable bonds is 7. The summed E-state index contributed by atoms with van der Waals surface area (Å²) in [7, 11) is 1.61. The van der Waals surface area contributed by atoms with Crippen molar-refractivity contribution in [2.24, 2.45) is 0 Å². The van der Waals surface area contributed by atoms with Crippen molar-refractivity contribution >= 4 is 16.8 Å². The second-order valence-corrected chi connectivity index (χ2v) is 7.68. The lowest BCUT2D eigenvalue weighted by Gasteiger charge is -2.14. The van der Waals surface area contributed by atoms with Gasteiger partial charge in [0.15, 0.2) is 0 Å². The number of carbonyl (C=O) groups is 1. The number of nitrogens with one attached hydrogen (secondary N) is 2. The van der Waals surface area contributed by atoms with Gasteiger partial charge in [-0.25, -0.2) is 0 Å². The van der Waals surface area contributed by atoms with Crippen LogP contribution in [0, 0.1) is 6.92 Å². The zero-order chi connectivity index (χ0) is 22.7. The summed E-state index contributed by atoms with van der Waals surface area (Å²) in [6, 6.07) is 14.9. The predicted molar refractivity (Wildman–Crippen MR) is 120 cm³/mol. The van der Waals surface area contributed by atoms with Crippen LogP contribution < -0.4 is 15.6 Å². The first-order valence-electron chi connectivity index (χ1n) is 10.3. The lowest BCUT2D eigenvalue weighted by molar-refractivity contribution is -0.121. The van der Waals surface area contributed by atoms with Crippen molar-refractivity contribution in [3.63, 3.8) is 0 Å². The molecule has 4 rings (SSSR count). The Labute approximate surface area is 184 Å². The van der Waals surface area contributed by atoms with Crippen molar-refractivity contribution in [2.75, 3.05) is 7.11 Å². The minimum absolute atomic E-state index is 0.132. The summed E-state index contributed by atoms with van der Waals surface area (Å²) >= 11 is 0. The van der Waals surface area contributed by atoms with Crippen LogP contribution in [0.3, 0.4) is 0 Å². The molecule has 8 heteroatoms. The first-order chi connectivity index (χ1) is 15.4. The SMILES string of the molecule is COc1ccc([C@H](C)NC(=O)CCc2nc(-c3cc4ccc(C)cc4[nH]c3=O)no2)cc1. The minimum Gasteiger partial charge on any atom is -0.497 e. The molecule has 2 aromatic heterocycles. The van der Waals surface area contributed by atoms with Crippen molar-refractivity contribution in [2.45, 2.75) is 32.7 Å². The van der Waals surface area contributed by atoms with Crippen LogP contribution in [-0.4, -0.2) is 28.1 Å². The fourth-order valence-corrected chi connectivity index (χ4v) is 3.46. The van der Waals surface area contributed by atoms with Gasteiger partial charge < -0.3 is 19.6 Å². The molecule has 2 aromatic carbocycles. The van der Waals surface area contributed by atoms with Crippen LogP contribution in [-0.2, 0) is 11.2 Å². The van der Waals surface area contributed by atoms with Gasteiger partial charge in [0.05, 0.1) is 18.7 Å². The molecule has 2 heterocycles. The molecular formula is C24H24N4O4. The second-order valence-electron chi connectivity index (χ2n) is 7.68. The number of methoxy groups -OCH3 is 1.